The number of ether oxygens (including phenoxy) is 1. The highest BCUT2D eigenvalue weighted by Gasteiger charge is 2.30. The number of nitrogens with one attached hydrogen (secondary N) is 2. The van der Waals surface area contributed by atoms with Gasteiger partial charge in [0.05, 0.1) is 0 Å². The molecule has 0 saturated carbocycles. The molecule has 116 valence electrons. The summed E-state index contributed by atoms with van der Waals surface area (Å²) in [5.41, 5.74) is 2.14. The van der Waals surface area contributed by atoms with Gasteiger partial charge in [0.15, 0.2) is 0 Å². The van der Waals surface area contributed by atoms with Crippen molar-refractivity contribution < 1.29 is 9.53 Å². The summed E-state index contributed by atoms with van der Waals surface area (Å²) in [6, 6.07) is 8.68. The fourth-order valence-electron chi connectivity index (χ4n) is 2.72. The lowest BCUT2D eigenvalue weighted by Gasteiger charge is -2.24. The van der Waals surface area contributed by atoms with Gasteiger partial charge in [-0.2, -0.15) is 0 Å². The molecule has 4 nitrogen and oxygen atoms in total. The molecular formula is C17H26N2O2. The average Bonchev–Trinajstić information content (AvgIpc) is 2.74. The Balaban J connectivity index is 1.93. The molecule has 21 heavy (non-hydrogen) atoms. The molecule has 1 fully saturated rings. The summed E-state index contributed by atoms with van der Waals surface area (Å²) >= 11 is 0. The van der Waals surface area contributed by atoms with Crippen molar-refractivity contribution in [2.75, 3.05) is 13.1 Å². The smallest absolute Gasteiger partial charge is 0.407 e. The molecule has 2 atom stereocenters. The van der Waals surface area contributed by atoms with Crippen LogP contribution in [0.5, 0.6) is 0 Å². The summed E-state index contributed by atoms with van der Waals surface area (Å²) < 4.78 is 5.34. The van der Waals surface area contributed by atoms with Crippen molar-refractivity contribution in [1.29, 1.82) is 0 Å². The molecule has 1 amide bonds. The first-order valence-corrected chi connectivity index (χ1v) is 7.59. The SMILES string of the molecule is Cc1cccc(CC2CNCC2NC(=O)OC(C)(C)C)c1. The molecule has 1 aromatic carbocycles. The van der Waals surface area contributed by atoms with Crippen LogP contribution >= 0.6 is 0 Å². The Morgan fingerprint density at radius 3 is 2.81 bits per heavy atom. The fraction of sp³-hybridized carbons (Fsp3) is 0.588. The lowest BCUT2D eigenvalue weighted by Crippen LogP contribution is -2.43. The van der Waals surface area contributed by atoms with Crippen molar-refractivity contribution >= 4 is 6.09 Å². The quantitative estimate of drug-likeness (QED) is 0.900. The second-order valence-corrected chi connectivity index (χ2v) is 6.86. The summed E-state index contributed by atoms with van der Waals surface area (Å²) in [5.74, 6) is 0.402. The molecule has 0 radical (unpaired) electrons. The summed E-state index contributed by atoms with van der Waals surface area (Å²) in [5, 5.41) is 6.35. The van der Waals surface area contributed by atoms with Gasteiger partial charge in [-0.15, -0.1) is 0 Å². The minimum absolute atomic E-state index is 0.125. The Hall–Kier alpha value is -1.55. The molecule has 0 spiro atoms. The van der Waals surface area contributed by atoms with Crippen molar-refractivity contribution in [1.82, 2.24) is 10.6 Å². The topological polar surface area (TPSA) is 50.4 Å². The number of aryl methyl sites for hydroxylation is 1. The van der Waals surface area contributed by atoms with Crippen molar-refractivity contribution in [3.8, 4) is 0 Å². The van der Waals surface area contributed by atoms with Crippen LogP contribution in [0.3, 0.4) is 0 Å². The monoisotopic (exact) mass is 290 g/mol. The van der Waals surface area contributed by atoms with Crippen LogP contribution in [-0.4, -0.2) is 30.8 Å². The van der Waals surface area contributed by atoms with Gasteiger partial charge >= 0.3 is 6.09 Å². The zero-order chi connectivity index (χ0) is 15.5. The van der Waals surface area contributed by atoms with Crippen LogP contribution in [0.25, 0.3) is 0 Å². The third-order valence-corrected chi connectivity index (χ3v) is 3.62. The number of rotatable bonds is 3. The predicted octanol–water partition coefficient (Wildman–Crippen LogP) is 2.65. The number of hydrogen-bond donors (Lipinski definition) is 2. The first-order chi connectivity index (χ1) is 9.83. The first kappa shape index (κ1) is 15.8. The van der Waals surface area contributed by atoms with Gasteiger partial charge in [0, 0.05) is 19.1 Å². The molecule has 2 N–H and O–H groups in total. The molecule has 2 unspecified atom stereocenters. The molecule has 0 aromatic heterocycles. The zero-order valence-electron chi connectivity index (χ0n) is 13.4. The molecule has 2 rings (SSSR count). The van der Waals surface area contributed by atoms with Gasteiger partial charge in [-0.25, -0.2) is 4.79 Å². The van der Waals surface area contributed by atoms with Gasteiger partial charge in [-0.05, 0) is 45.6 Å². The van der Waals surface area contributed by atoms with E-state index in [0.29, 0.717) is 5.92 Å². The van der Waals surface area contributed by atoms with E-state index >= 15 is 0 Å². The maximum absolute atomic E-state index is 11.9. The number of alkyl carbamates (subject to hydrolysis) is 1. The molecule has 1 aromatic rings. The summed E-state index contributed by atoms with van der Waals surface area (Å²) in [7, 11) is 0. The molecular weight excluding hydrogens is 264 g/mol. The number of benzene rings is 1. The minimum atomic E-state index is -0.456. The minimum Gasteiger partial charge on any atom is -0.444 e. The van der Waals surface area contributed by atoms with E-state index in [1.807, 2.05) is 20.8 Å². The van der Waals surface area contributed by atoms with Crippen molar-refractivity contribution in [3.63, 3.8) is 0 Å². The lowest BCUT2D eigenvalue weighted by molar-refractivity contribution is 0.0497. The van der Waals surface area contributed by atoms with Gasteiger partial charge < -0.3 is 15.4 Å². The van der Waals surface area contributed by atoms with Crippen LogP contribution in [0.4, 0.5) is 4.79 Å². The zero-order valence-corrected chi connectivity index (χ0v) is 13.4. The van der Waals surface area contributed by atoms with Crippen LogP contribution in [0, 0.1) is 12.8 Å². The maximum Gasteiger partial charge on any atom is 0.407 e. The highest BCUT2D eigenvalue weighted by Crippen LogP contribution is 2.17. The van der Waals surface area contributed by atoms with E-state index in [4.69, 9.17) is 4.74 Å². The van der Waals surface area contributed by atoms with E-state index in [-0.39, 0.29) is 12.1 Å². The van der Waals surface area contributed by atoms with Crippen LogP contribution in [0.2, 0.25) is 0 Å². The summed E-state index contributed by atoms with van der Waals surface area (Å²) in [6.07, 6.45) is 0.639. The third-order valence-electron chi connectivity index (χ3n) is 3.62. The normalized spacial score (nSPS) is 22.1. The highest BCUT2D eigenvalue weighted by molar-refractivity contribution is 5.68. The largest absolute Gasteiger partial charge is 0.444 e. The number of carbonyl (C=O) groups is 1. The Bertz CT molecular complexity index is 494. The predicted molar refractivity (Wildman–Crippen MR) is 84.4 cm³/mol. The lowest BCUT2D eigenvalue weighted by atomic mass is 9.94. The molecule has 4 heteroatoms. The van der Waals surface area contributed by atoms with Gasteiger partial charge in [0.25, 0.3) is 0 Å². The van der Waals surface area contributed by atoms with E-state index < -0.39 is 5.60 Å². The van der Waals surface area contributed by atoms with Gasteiger partial charge in [0.2, 0.25) is 0 Å². The third kappa shape index (κ3) is 5.05. The van der Waals surface area contributed by atoms with E-state index in [1.54, 1.807) is 0 Å². The van der Waals surface area contributed by atoms with Crippen molar-refractivity contribution in [2.45, 2.75) is 45.8 Å². The maximum atomic E-state index is 11.9. The Morgan fingerprint density at radius 1 is 1.38 bits per heavy atom. The molecule has 1 aliphatic heterocycles. The molecule has 1 saturated heterocycles. The van der Waals surface area contributed by atoms with E-state index in [0.717, 1.165) is 19.5 Å². The Kier molecular flexibility index (Phi) is 4.88. The molecule has 1 aliphatic rings. The Morgan fingerprint density at radius 2 is 2.14 bits per heavy atom. The summed E-state index contributed by atoms with van der Waals surface area (Å²) in [4.78, 5) is 11.9. The number of hydrogen-bond acceptors (Lipinski definition) is 3. The van der Waals surface area contributed by atoms with E-state index in [9.17, 15) is 4.79 Å². The molecule has 1 heterocycles. The van der Waals surface area contributed by atoms with Crippen molar-refractivity contribution in [3.05, 3.63) is 35.4 Å². The van der Waals surface area contributed by atoms with Gasteiger partial charge in [0.1, 0.15) is 5.60 Å². The van der Waals surface area contributed by atoms with Crippen LogP contribution < -0.4 is 10.6 Å². The van der Waals surface area contributed by atoms with Gasteiger partial charge in [-0.1, -0.05) is 29.8 Å². The fourth-order valence-corrected chi connectivity index (χ4v) is 2.72. The van der Waals surface area contributed by atoms with Crippen LogP contribution in [0.1, 0.15) is 31.9 Å². The van der Waals surface area contributed by atoms with E-state index in [2.05, 4.69) is 41.8 Å². The second kappa shape index (κ2) is 6.48. The molecule has 0 bridgehead atoms. The first-order valence-electron chi connectivity index (χ1n) is 7.59. The number of carbonyl (C=O) groups excluding carboxylic acids is 1. The Labute approximate surface area is 127 Å². The van der Waals surface area contributed by atoms with E-state index in [1.165, 1.54) is 11.1 Å². The standard InChI is InChI=1S/C17H26N2O2/c1-12-6-5-7-13(8-12)9-14-10-18-11-15(14)19-16(20)21-17(2,3)4/h5-8,14-15,18H,9-11H2,1-4H3,(H,19,20). The molecule has 0 aliphatic carbocycles. The highest BCUT2D eigenvalue weighted by atomic mass is 16.6. The summed E-state index contributed by atoms with van der Waals surface area (Å²) in [6.45, 7) is 9.47. The van der Waals surface area contributed by atoms with Crippen LogP contribution in [0.15, 0.2) is 24.3 Å². The average molecular weight is 290 g/mol. The second-order valence-electron chi connectivity index (χ2n) is 6.86. The number of amides is 1. The van der Waals surface area contributed by atoms with Crippen molar-refractivity contribution in [2.24, 2.45) is 5.92 Å². The van der Waals surface area contributed by atoms with Crippen LogP contribution in [-0.2, 0) is 11.2 Å². The van der Waals surface area contributed by atoms with Gasteiger partial charge in [-0.3, -0.25) is 0 Å².